The van der Waals surface area contributed by atoms with Crippen molar-refractivity contribution in [2.45, 2.75) is 6.04 Å². The van der Waals surface area contributed by atoms with Gasteiger partial charge in [0.05, 0.1) is 17.6 Å². The maximum absolute atomic E-state index is 13.4. The lowest BCUT2D eigenvalue weighted by Crippen LogP contribution is -2.36. The Balaban J connectivity index is 1.87. The Labute approximate surface area is 139 Å². The minimum atomic E-state index is -0.644. The van der Waals surface area contributed by atoms with Crippen LogP contribution in [-0.2, 0) is 4.84 Å². The smallest absolute Gasteiger partial charge is 0.228 e. The molecular weight excluding hydrogens is 372 g/mol. The van der Waals surface area contributed by atoms with Gasteiger partial charge >= 0.3 is 0 Å². The van der Waals surface area contributed by atoms with Gasteiger partial charge in [0.25, 0.3) is 0 Å². The van der Waals surface area contributed by atoms with E-state index in [0.29, 0.717) is 27.4 Å². The van der Waals surface area contributed by atoms with Crippen LogP contribution >= 0.6 is 15.9 Å². The van der Waals surface area contributed by atoms with Crippen LogP contribution in [0.4, 0.5) is 8.78 Å². The summed E-state index contributed by atoms with van der Waals surface area (Å²) in [6.07, 6.45) is 0. The number of ether oxygens (including phenoxy) is 1. The molecular formula is C15H12BrF2N3O2. The van der Waals surface area contributed by atoms with E-state index in [1.54, 1.807) is 12.1 Å². The Bertz CT molecular complexity index is 750. The standard InChI is InChI=1S/C15H12BrF2N3O2/c1-22-15-11(16)2-3-12(20-15)14-19-13(7-23-21-14)8-4-9(17)6-10(18)5-8/h2-6,13H,7H2,1H3,(H,19,21). The molecule has 1 aromatic heterocycles. The molecule has 1 atom stereocenters. The van der Waals surface area contributed by atoms with E-state index in [-0.39, 0.29) is 6.61 Å². The van der Waals surface area contributed by atoms with Crippen LogP contribution in [0.3, 0.4) is 0 Å². The summed E-state index contributed by atoms with van der Waals surface area (Å²) in [7, 11) is 1.50. The summed E-state index contributed by atoms with van der Waals surface area (Å²) in [5, 5.41) is 6.98. The Morgan fingerprint density at radius 1 is 1.26 bits per heavy atom. The van der Waals surface area contributed by atoms with E-state index < -0.39 is 17.7 Å². The molecule has 120 valence electrons. The lowest BCUT2D eigenvalue weighted by molar-refractivity contribution is 0.109. The zero-order valence-electron chi connectivity index (χ0n) is 12.0. The predicted molar refractivity (Wildman–Crippen MR) is 83.2 cm³/mol. The van der Waals surface area contributed by atoms with Gasteiger partial charge in [0, 0.05) is 6.07 Å². The van der Waals surface area contributed by atoms with Crippen LogP contribution in [0.1, 0.15) is 17.3 Å². The number of pyridine rings is 1. The highest BCUT2D eigenvalue weighted by molar-refractivity contribution is 9.10. The molecule has 0 spiro atoms. The van der Waals surface area contributed by atoms with Crippen molar-refractivity contribution >= 4 is 21.8 Å². The van der Waals surface area contributed by atoms with Crippen LogP contribution in [0, 0.1) is 11.6 Å². The quantitative estimate of drug-likeness (QED) is 0.884. The molecule has 1 aliphatic rings. The normalized spacial score (nSPS) is 17.0. The summed E-state index contributed by atoms with van der Waals surface area (Å²) in [4.78, 5) is 9.46. The number of hydrogen-bond donors (Lipinski definition) is 1. The van der Waals surface area contributed by atoms with E-state index in [2.05, 4.69) is 31.4 Å². The van der Waals surface area contributed by atoms with Gasteiger partial charge < -0.3 is 14.9 Å². The van der Waals surface area contributed by atoms with E-state index in [9.17, 15) is 8.78 Å². The fraction of sp³-hybridized carbons (Fsp3) is 0.200. The maximum Gasteiger partial charge on any atom is 0.228 e. The van der Waals surface area contributed by atoms with Crippen molar-refractivity contribution < 1.29 is 18.4 Å². The number of benzene rings is 1. The van der Waals surface area contributed by atoms with E-state index in [1.807, 2.05) is 0 Å². The topological polar surface area (TPSA) is 55.7 Å². The van der Waals surface area contributed by atoms with E-state index >= 15 is 0 Å². The average molecular weight is 384 g/mol. The predicted octanol–water partition coefficient (Wildman–Crippen LogP) is 3.15. The van der Waals surface area contributed by atoms with Crippen LogP contribution in [0.25, 0.3) is 0 Å². The van der Waals surface area contributed by atoms with Gasteiger partial charge in [-0.3, -0.25) is 0 Å². The van der Waals surface area contributed by atoms with Gasteiger partial charge in [-0.2, -0.15) is 0 Å². The van der Waals surface area contributed by atoms with Gasteiger partial charge in [0.2, 0.25) is 5.88 Å². The zero-order valence-corrected chi connectivity index (χ0v) is 13.6. The molecule has 3 rings (SSSR count). The first-order valence-corrected chi connectivity index (χ1v) is 7.49. The van der Waals surface area contributed by atoms with Crippen LogP contribution in [0.2, 0.25) is 0 Å². The Morgan fingerprint density at radius 2 is 2.00 bits per heavy atom. The summed E-state index contributed by atoms with van der Waals surface area (Å²) < 4.78 is 32.6. The third kappa shape index (κ3) is 3.42. The molecule has 0 saturated carbocycles. The van der Waals surface area contributed by atoms with Crippen LogP contribution in [0.5, 0.6) is 5.88 Å². The van der Waals surface area contributed by atoms with Crippen LogP contribution in [0.15, 0.2) is 40.0 Å². The first kappa shape index (κ1) is 15.7. The van der Waals surface area contributed by atoms with E-state index in [0.717, 1.165) is 6.07 Å². The summed E-state index contributed by atoms with van der Waals surface area (Å²) in [5.41, 5.74) is 0.922. The largest absolute Gasteiger partial charge is 0.480 e. The van der Waals surface area contributed by atoms with Crippen molar-refractivity contribution in [2.75, 3.05) is 13.7 Å². The van der Waals surface area contributed by atoms with Crippen molar-refractivity contribution in [3.8, 4) is 5.88 Å². The Kier molecular flexibility index (Phi) is 4.42. The molecule has 2 heterocycles. The summed E-state index contributed by atoms with van der Waals surface area (Å²) in [6, 6.07) is 6.37. The van der Waals surface area contributed by atoms with E-state index in [4.69, 9.17) is 9.57 Å². The second-order valence-corrected chi connectivity index (χ2v) is 5.68. The highest BCUT2D eigenvalue weighted by Gasteiger charge is 2.22. The molecule has 0 fully saturated rings. The lowest BCUT2D eigenvalue weighted by atomic mass is 10.1. The minimum absolute atomic E-state index is 0.153. The fourth-order valence-electron chi connectivity index (χ4n) is 2.18. The molecule has 23 heavy (non-hydrogen) atoms. The number of nitrogens with zero attached hydrogens (tertiary/aromatic N) is 2. The van der Waals surface area contributed by atoms with Crippen molar-refractivity contribution in [3.05, 3.63) is 57.7 Å². The van der Waals surface area contributed by atoms with Gasteiger partial charge in [-0.25, -0.2) is 13.8 Å². The van der Waals surface area contributed by atoms with E-state index in [1.165, 1.54) is 19.2 Å². The molecule has 0 amide bonds. The Morgan fingerprint density at radius 3 is 2.70 bits per heavy atom. The van der Waals surface area contributed by atoms with Gasteiger partial charge in [-0.1, -0.05) is 5.16 Å². The van der Waals surface area contributed by atoms with Crippen LogP contribution < -0.4 is 10.1 Å². The number of aromatic nitrogens is 1. The number of methoxy groups -OCH3 is 1. The first-order valence-electron chi connectivity index (χ1n) is 6.70. The van der Waals surface area contributed by atoms with Gasteiger partial charge in [0.1, 0.15) is 23.9 Å². The number of amidine groups is 1. The second-order valence-electron chi connectivity index (χ2n) is 4.82. The number of oxime groups is 1. The van der Waals surface area contributed by atoms with Gasteiger partial charge in [-0.15, -0.1) is 0 Å². The van der Waals surface area contributed by atoms with Crippen molar-refractivity contribution in [3.63, 3.8) is 0 Å². The van der Waals surface area contributed by atoms with Crippen molar-refractivity contribution in [1.82, 2.24) is 10.3 Å². The molecule has 1 unspecified atom stereocenters. The highest BCUT2D eigenvalue weighted by atomic mass is 79.9. The second kappa shape index (κ2) is 6.49. The molecule has 0 saturated heterocycles. The Hall–Kier alpha value is -2.22. The minimum Gasteiger partial charge on any atom is -0.480 e. The average Bonchev–Trinajstić information content (AvgIpc) is 2.54. The fourth-order valence-corrected chi connectivity index (χ4v) is 2.57. The number of hydrogen-bond acceptors (Lipinski definition) is 5. The third-order valence-electron chi connectivity index (χ3n) is 3.25. The molecule has 8 heteroatoms. The molecule has 1 aliphatic heterocycles. The highest BCUT2D eigenvalue weighted by Crippen LogP contribution is 2.24. The molecule has 5 nitrogen and oxygen atoms in total. The number of rotatable bonds is 3. The van der Waals surface area contributed by atoms with Gasteiger partial charge in [-0.05, 0) is 45.8 Å². The summed E-state index contributed by atoms with van der Waals surface area (Å²) >= 11 is 3.32. The molecule has 0 bridgehead atoms. The number of nitrogens with one attached hydrogen (secondary N) is 1. The van der Waals surface area contributed by atoms with Crippen molar-refractivity contribution in [1.29, 1.82) is 0 Å². The summed E-state index contributed by atoms with van der Waals surface area (Å²) in [5.74, 6) is -0.536. The van der Waals surface area contributed by atoms with Crippen LogP contribution in [-0.4, -0.2) is 24.5 Å². The van der Waals surface area contributed by atoms with Crippen molar-refractivity contribution in [2.24, 2.45) is 5.16 Å². The maximum atomic E-state index is 13.4. The van der Waals surface area contributed by atoms with Gasteiger partial charge in [0.15, 0.2) is 5.84 Å². The SMILES string of the molecule is COc1nc(C2=NOCC(c3cc(F)cc(F)c3)N2)ccc1Br. The summed E-state index contributed by atoms with van der Waals surface area (Å²) in [6.45, 7) is 0.153. The molecule has 2 aromatic rings. The molecule has 0 radical (unpaired) electrons. The zero-order chi connectivity index (χ0) is 16.4. The first-order chi connectivity index (χ1) is 11.1. The molecule has 1 N–H and O–H groups in total. The third-order valence-corrected chi connectivity index (χ3v) is 3.85. The monoisotopic (exact) mass is 383 g/mol. The number of halogens is 3. The molecule has 0 aliphatic carbocycles. The lowest BCUT2D eigenvalue weighted by Gasteiger charge is -2.24. The molecule has 1 aromatic carbocycles.